The molecule has 3 aromatic carbocycles. The van der Waals surface area contributed by atoms with Crippen LogP contribution in [-0.2, 0) is 6.54 Å². The predicted octanol–water partition coefficient (Wildman–Crippen LogP) is 10.2. The molecule has 4 heteroatoms. The smallest absolute Gasteiger partial charge is 0.153 e. The van der Waals surface area contributed by atoms with E-state index >= 15 is 0 Å². The molecule has 3 aliphatic carbocycles. The van der Waals surface area contributed by atoms with Gasteiger partial charge in [-0.2, -0.15) is 0 Å². The van der Waals surface area contributed by atoms with Gasteiger partial charge in [0.15, 0.2) is 5.76 Å². The Bertz CT molecular complexity index is 1950. The van der Waals surface area contributed by atoms with Crippen LogP contribution in [0.1, 0.15) is 49.3 Å². The lowest BCUT2D eigenvalue weighted by atomic mass is 9.85. The highest BCUT2D eigenvalue weighted by Gasteiger charge is 2.30. The number of hydrogen-bond acceptors (Lipinski definition) is 4. The fraction of sp³-hybridized carbons (Fsp3) is 0.186. The van der Waals surface area contributed by atoms with Gasteiger partial charge in [-0.05, 0) is 97.5 Å². The molecule has 2 unspecified atom stereocenters. The molecule has 0 saturated carbocycles. The highest BCUT2D eigenvalue weighted by molar-refractivity contribution is 6.13. The summed E-state index contributed by atoms with van der Waals surface area (Å²) in [5.74, 6) is 2.06. The Morgan fingerprint density at radius 1 is 0.915 bits per heavy atom. The monoisotopic (exact) mass is 613 g/mol. The number of fused-ring (bicyclic) bond motifs is 1. The number of benzene rings is 3. The standard InChI is InChI=1S/C43H39N3O/c1-30-37-20-9-12-23-40(37)46-42(43(30)47-36-18-7-4-8-19-36)35-17-13-14-31(28-35)29-45-39-22-11-10-21-38(39)41(44-2)34-26-24-33(25-27-34)32-15-5-3-6-16-32/h3-9,11-19,22-26,28,34,37H,2,10,20-21,27,29H2,1H3/b41-38-,45-39-. The maximum atomic E-state index is 6.55. The van der Waals surface area contributed by atoms with E-state index in [2.05, 4.69) is 122 Å². The van der Waals surface area contributed by atoms with Crippen molar-refractivity contribution in [3.05, 3.63) is 179 Å². The van der Waals surface area contributed by atoms with Crippen molar-refractivity contribution < 1.29 is 4.74 Å². The Balaban J connectivity index is 1.16. The molecule has 0 fully saturated rings. The molecule has 0 aromatic heterocycles. The molecule has 7 rings (SSSR count). The number of dihydropyridines is 1. The molecule has 3 aromatic rings. The molecule has 0 amide bonds. The summed E-state index contributed by atoms with van der Waals surface area (Å²) in [6.45, 7) is 6.73. The second kappa shape index (κ2) is 14.0. The first-order chi connectivity index (χ1) is 23.2. The predicted molar refractivity (Wildman–Crippen MR) is 196 cm³/mol. The highest BCUT2D eigenvalue weighted by Crippen LogP contribution is 2.38. The third kappa shape index (κ3) is 6.64. The van der Waals surface area contributed by atoms with Crippen LogP contribution in [0, 0.1) is 11.8 Å². The molecule has 0 bridgehead atoms. The summed E-state index contributed by atoms with van der Waals surface area (Å²) in [4.78, 5) is 14.9. The first-order valence-corrected chi connectivity index (χ1v) is 16.5. The molecule has 0 spiro atoms. The molecule has 232 valence electrons. The topological polar surface area (TPSA) is 46.3 Å². The fourth-order valence-electron chi connectivity index (χ4n) is 6.74. The molecule has 1 aliphatic heterocycles. The van der Waals surface area contributed by atoms with Crippen LogP contribution in [0.15, 0.2) is 177 Å². The van der Waals surface area contributed by atoms with E-state index in [1.807, 2.05) is 30.3 Å². The van der Waals surface area contributed by atoms with Crippen LogP contribution in [0.3, 0.4) is 0 Å². The van der Waals surface area contributed by atoms with Crippen molar-refractivity contribution in [3.8, 4) is 5.75 Å². The third-order valence-electron chi connectivity index (χ3n) is 9.25. The third-order valence-corrected chi connectivity index (χ3v) is 9.25. The molecule has 2 atom stereocenters. The summed E-state index contributed by atoms with van der Waals surface area (Å²) < 4.78 is 6.55. The van der Waals surface area contributed by atoms with Gasteiger partial charge in [-0.1, -0.05) is 103 Å². The summed E-state index contributed by atoms with van der Waals surface area (Å²) in [6, 6.07) is 29.1. The van der Waals surface area contributed by atoms with Crippen molar-refractivity contribution in [1.82, 2.24) is 0 Å². The largest absolute Gasteiger partial charge is 0.455 e. The van der Waals surface area contributed by atoms with Crippen LogP contribution >= 0.6 is 0 Å². The first kappa shape index (κ1) is 30.3. The van der Waals surface area contributed by atoms with Gasteiger partial charge in [0.2, 0.25) is 0 Å². The van der Waals surface area contributed by atoms with Gasteiger partial charge in [0, 0.05) is 23.1 Å². The summed E-state index contributed by atoms with van der Waals surface area (Å²) in [5.41, 5.74) is 11.0. The van der Waals surface area contributed by atoms with Crippen molar-refractivity contribution >= 4 is 23.7 Å². The fourth-order valence-corrected chi connectivity index (χ4v) is 6.74. The van der Waals surface area contributed by atoms with E-state index in [0.717, 1.165) is 71.1 Å². The molecular weight excluding hydrogens is 574 g/mol. The van der Waals surface area contributed by atoms with Gasteiger partial charge >= 0.3 is 0 Å². The molecular formula is C43H39N3O. The normalized spacial score (nSPS) is 22.3. The van der Waals surface area contributed by atoms with E-state index in [-0.39, 0.29) is 11.8 Å². The lowest BCUT2D eigenvalue weighted by Crippen LogP contribution is -2.23. The van der Waals surface area contributed by atoms with E-state index in [1.54, 1.807) is 0 Å². The van der Waals surface area contributed by atoms with E-state index < -0.39 is 0 Å². The molecule has 0 saturated heterocycles. The van der Waals surface area contributed by atoms with Crippen LogP contribution in [0.4, 0.5) is 0 Å². The SMILES string of the molecule is C=N/C(=C1/CCC=C/C1=N/Cc1cccc(C2=NC3=CC=CCC3C(C)=C2Oc2ccccc2)c1)C1C=CC(c2ccccc2)=CC1. The minimum atomic E-state index is 0.185. The van der Waals surface area contributed by atoms with Crippen LogP contribution in [0.5, 0.6) is 5.75 Å². The first-order valence-electron chi connectivity index (χ1n) is 16.5. The van der Waals surface area contributed by atoms with Gasteiger partial charge in [0.25, 0.3) is 0 Å². The number of rotatable bonds is 8. The Hall–Kier alpha value is -5.35. The zero-order chi connectivity index (χ0) is 32.0. The highest BCUT2D eigenvalue weighted by atomic mass is 16.5. The molecule has 1 heterocycles. The maximum absolute atomic E-state index is 6.55. The Morgan fingerprint density at radius 3 is 2.51 bits per heavy atom. The molecule has 0 N–H and O–H groups in total. The number of para-hydroxylation sites is 1. The van der Waals surface area contributed by atoms with Gasteiger partial charge in [-0.15, -0.1) is 0 Å². The maximum Gasteiger partial charge on any atom is 0.153 e. The van der Waals surface area contributed by atoms with E-state index in [4.69, 9.17) is 14.7 Å². The number of aliphatic imine (C=N–C) groups is 3. The van der Waals surface area contributed by atoms with Gasteiger partial charge in [-0.25, -0.2) is 4.99 Å². The Kier molecular flexibility index (Phi) is 9.01. The van der Waals surface area contributed by atoms with Gasteiger partial charge < -0.3 is 4.74 Å². The van der Waals surface area contributed by atoms with E-state index in [9.17, 15) is 0 Å². The van der Waals surface area contributed by atoms with Crippen molar-refractivity contribution in [2.24, 2.45) is 26.8 Å². The van der Waals surface area contributed by atoms with Crippen molar-refractivity contribution in [1.29, 1.82) is 0 Å². The summed E-state index contributed by atoms with van der Waals surface area (Å²) in [6.07, 6.45) is 21.3. The lowest BCUT2D eigenvalue weighted by Gasteiger charge is -2.29. The minimum absolute atomic E-state index is 0.185. The van der Waals surface area contributed by atoms with Crippen LogP contribution in [0.25, 0.3) is 5.57 Å². The molecule has 4 nitrogen and oxygen atoms in total. The zero-order valence-electron chi connectivity index (χ0n) is 26.8. The second-order valence-electron chi connectivity index (χ2n) is 12.3. The number of nitrogens with zero attached hydrogens (tertiary/aromatic N) is 3. The van der Waals surface area contributed by atoms with Gasteiger partial charge in [0.1, 0.15) is 11.5 Å². The van der Waals surface area contributed by atoms with E-state index in [1.165, 1.54) is 22.3 Å². The average Bonchev–Trinajstić information content (AvgIpc) is 3.14. The number of ether oxygens (including phenoxy) is 1. The van der Waals surface area contributed by atoms with E-state index in [0.29, 0.717) is 6.54 Å². The summed E-state index contributed by atoms with van der Waals surface area (Å²) >= 11 is 0. The summed E-state index contributed by atoms with van der Waals surface area (Å²) in [5, 5.41) is 0. The Labute approximate surface area is 278 Å². The molecule has 47 heavy (non-hydrogen) atoms. The van der Waals surface area contributed by atoms with Gasteiger partial charge in [-0.3, -0.25) is 9.98 Å². The van der Waals surface area contributed by atoms with Crippen LogP contribution in [0.2, 0.25) is 0 Å². The number of hydrogen-bond donors (Lipinski definition) is 0. The lowest BCUT2D eigenvalue weighted by molar-refractivity contribution is 0.434. The van der Waals surface area contributed by atoms with Crippen LogP contribution < -0.4 is 4.74 Å². The van der Waals surface area contributed by atoms with Crippen molar-refractivity contribution in [2.45, 2.75) is 39.2 Å². The average molecular weight is 614 g/mol. The van der Waals surface area contributed by atoms with Gasteiger partial charge in [0.05, 0.1) is 18.0 Å². The Morgan fingerprint density at radius 2 is 1.72 bits per heavy atom. The zero-order valence-corrected chi connectivity index (χ0v) is 26.8. The minimum Gasteiger partial charge on any atom is -0.455 e. The molecule has 0 radical (unpaired) electrons. The molecule has 4 aliphatic rings. The van der Waals surface area contributed by atoms with Crippen LogP contribution in [-0.4, -0.2) is 18.1 Å². The van der Waals surface area contributed by atoms with Crippen molar-refractivity contribution in [3.63, 3.8) is 0 Å². The quantitative estimate of drug-likeness (QED) is 0.233. The number of allylic oxidation sites excluding steroid dienone is 12. The second-order valence-corrected chi connectivity index (χ2v) is 12.3. The summed E-state index contributed by atoms with van der Waals surface area (Å²) in [7, 11) is 0. The van der Waals surface area contributed by atoms with Crippen molar-refractivity contribution in [2.75, 3.05) is 0 Å².